The highest BCUT2D eigenvalue weighted by molar-refractivity contribution is 5.77. The molecule has 98 valence electrons. The lowest BCUT2D eigenvalue weighted by atomic mass is 10.3. The molecule has 0 bridgehead atoms. The van der Waals surface area contributed by atoms with Crippen LogP contribution in [0.15, 0.2) is 18.2 Å². The summed E-state index contributed by atoms with van der Waals surface area (Å²) in [5, 5.41) is 0. The summed E-state index contributed by atoms with van der Waals surface area (Å²) in [6.45, 7) is 2.12. The van der Waals surface area contributed by atoms with Crippen molar-refractivity contribution in [2.24, 2.45) is 0 Å². The number of benzene rings is 1. The number of nitrogens with two attached hydrogens (primary N) is 1. The Bertz CT molecular complexity index is 433. The van der Waals surface area contributed by atoms with Crippen LogP contribution < -0.4 is 10.5 Å². The number of amides is 1. The number of rotatable bonds is 3. The van der Waals surface area contributed by atoms with E-state index < -0.39 is 5.82 Å². The van der Waals surface area contributed by atoms with Gasteiger partial charge in [0, 0.05) is 19.2 Å². The number of ether oxygens (including phenoxy) is 2. The SMILES string of the molecule is Nc1ccc(OCC(=O)N2CCOCC2)cc1F. The van der Waals surface area contributed by atoms with Crippen molar-refractivity contribution in [1.82, 2.24) is 4.90 Å². The van der Waals surface area contributed by atoms with Crippen molar-refractivity contribution in [1.29, 1.82) is 0 Å². The lowest BCUT2D eigenvalue weighted by Crippen LogP contribution is -2.42. The van der Waals surface area contributed by atoms with E-state index in [-0.39, 0.29) is 18.2 Å². The van der Waals surface area contributed by atoms with Crippen LogP contribution in [0, 0.1) is 5.82 Å². The largest absolute Gasteiger partial charge is 0.484 e. The lowest BCUT2D eigenvalue weighted by Gasteiger charge is -2.26. The van der Waals surface area contributed by atoms with Crippen LogP contribution in [0.4, 0.5) is 10.1 Å². The number of carbonyl (C=O) groups excluding carboxylic acids is 1. The van der Waals surface area contributed by atoms with Crippen molar-refractivity contribution in [2.75, 3.05) is 38.6 Å². The lowest BCUT2D eigenvalue weighted by molar-refractivity contribution is -0.137. The molecule has 1 amide bonds. The Hall–Kier alpha value is -1.82. The van der Waals surface area contributed by atoms with Crippen LogP contribution in [0.2, 0.25) is 0 Å². The molecule has 0 spiro atoms. The van der Waals surface area contributed by atoms with Gasteiger partial charge in [-0.1, -0.05) is 0 Å². The molecular weight excluding hydrogens is 239 g/mol. The quantitative estimate of drug-likeness (QED) is 0.804. The van der Waals surface area contributed by atoms with E-state index in [0.29, 0.717) is 32.1 Å². The molecule has 0 atom stereocenters. The zero-order valence-corrected chi connectivity index (χ0v) is 9.89. The standard InChI is InChI=1S/C12H15FN2O3/c13-10-7-9(1-2-11(10)14)18-8-12(16)15-3-5-17-6-4-15/h1-2,7H,3-6,8,14H2. The zero-order chi connectivity index (χ0) is 13.0. The molecule has 0 radical (unpaired) electrons. The Labute approximate surface area is 104 Å². The topological polar surface area (TPSA) is 64.8 Å². The highest BCUT2D eigenvalue weighted by Gasteiger charge is 2.17. The van der Waals surface area contributed by atoms with Gasteiger partial charge in [0.05, 0.1) is 18.9 Å². The third-order valence-corrected chi connectivity index (χ3v) is 2.70. The van der Waals surface area contributed by atoms with Gasteiger partial charge in [0.1, 0.15) is 11.6 Å². The van der Waals surface area contributed by atoms with Crippen LogP contribution in [0.25, 0.3) is 0 Å². The smallest absolute Gasteiger partial charge is 0.260 e. The van der Waals surface area contributed by atoms with E-state index in [0.717, 1.165) is 0 Å². The van der Waals surface area contributed by atoms with Gasteiger partial charge in [-0.05, 0) is 12.1 Å². The molecule has 2 N–H and O–H groups in total. The van der Waals surface area contributed by atoms with E-state index >= 15 is 0 Å². The van der Waals surface area contributed by atoms with E-state index in [1.165, 1.54) is 18.2 Å². The predicted octanol–water partition coefficient (Wildman–Crippen LogP) is 0.645. The molecule has 1 fully saturated rings. The van der Waals surface area contributed by atoms with E-state index in [1.54, 1.807) is 4.90 Å². The van der Waals surface area contributed by atoms with Crippen LogP contribution in [0.3, 0.4) is 0 Å². The second-order valence-corrected chi connectivity index (χ2v) is 3.97. The fraction of sp³-hybridized carbons (Fsp3) is 0.417. The number of anilines is 1. The van der Waals surface area contributed by atoms with Gasteiger partial charge in [0.15, 0.2) is 6.61 Å². The number of hydrogen-bond acceptors (Lipinski definition) is 4. The second kappa shape index (κ2) is 5.68. The van der Waals surface area contributed by atoms with Crippen molar-refractivity contribution in [3.63, 3.8) is 0 Å². The molecule has 1 saturated heterocycles. The van der Waals surface area contributed by atoms with E-state index in [1.807, 2.05) is 0 Å². The maximum atomic E-state index is 13.1. The summed E-state index contributed by atoms with van der Waals surface area (Å²) in [5.41, 5.74) is 5.40. The molecule has 0 unspecified atom stereocenters. The fourth-order valence-corrected chi connectivity index (χ4v) is 1.65. The fourth-order valence-electron chi connectivity index (χ4n) is 1.65. The zero-order valence-electron chi connectivity index (χ0n) is 9.89. The van der Waals surface area contributed by atoms with Crippen LogP contribution in [-0.2, 0) is 9.53 Å². The monoisotopic (exact) mass is 254 g/mol. The number of nitrogen functional groups attached to an aromatic ring is 1. The van der Waals surface area contributed by atoms with Crippen LogP contribution in [0.1, 0.15) is 0 Å². The summed E-state index contributed by atoms with van der Waals surface area (Å²) < 4.78 is 23.5. The molecule has 1 aromatic carbocycles. The molecular formula is C12H15FN2O3. The number of nitrogens with zero attached hydrogens (tertiary/aromatic N) is 1. The molecule has 0 aliphatic carbocycles. The average Bonchev–Trinajstić information content (AvgIpc) is 2.41. The Morgan fingerprint density at radius 2 is 2.17 bits per heavy atom. The molecule has 5 nitrogen and oxygen atoms in total. The summed E-state index contributed by atoms with van der Waals surface area (Å²) in [4.78, 5) is 13.4. The minimum Gasteiger partial charge on any atom is -0.484 e. The first-order valence-electron chi connectivity index (χ1n) is 5.70. The third-order valence-electron chi connectivity index (χ3n) is 2.70. The van der Waals surface area contributed by atoms with Gasteiger partial charge in [-0.2, -0.15) is 0 Å². The van der Waals surface area contributed by atoms with Crippen molar-refractivity contribution in [2.45, 2.75) is 0 Å². The van der Waals surface area contributed by atoms with Gasteiger partial charge in [-0.3, -0.25) is 4.79 Å². The van der Waals surface area contributed by atoms with Gasteiger partial charge in [-0.25, -0.2) is 4.39 Å². The molecule has 1 aliphatic rings. The Morgan fingerprint density at radius 1 is 1.44 bits per heavy atom. The van der Waals surface area contributed by atoms with Crippen LogP contribution in [0.5, 0.6) is 5.75 Å². The number of carbonyl (C=O) groups is 1. The minimum absolute atomic E-state index is 0.0573. The first-order chi connectivity index (χ1) is 8.66. The summed E-state index contributed by atoms with van der Waals surface area (Å²) in [7, 11) is 0. The highest BCUT2D eigenvalue weighted by atomic mass is 19.1. The molecule has 1 aliphatic heterocycles. The van der Waals surface area contributed by atoms with Crippen LogP contribution >= 0.6 is 0 Å². The molecule has 18 heavy (non-hydrogen) atoms. The van der Waals surface area contributed by atoms with E-state index in [9.17, 15) is 9.18 Å². The highest BCUT2D eigenvalue weighted by Crippen LogP contribution is 2.17. The molecule has 6 heteroatoms. The van der Waals surface area contributed by atoms with Crippen molar-refractivity contribution < 1.29 is 18.7 Å². The van der Waals surface area contributed by atoms with Crippen molar-refractivity contribution in [3.05, 3.63) is 24.0 Å². The Balaban J connectivity index is 1.86. The molecule has 1 heterocycles. The normalized spacial score (nSPS) is 15.5. The van der Waals surface area contributed by atoms with Crippen molar-refractivity contribution >= 4 is 11.6 Å². The molecule has 0 aromatic heterocycles. The predicted molar refractivity (Wildman–Crippen MR) is 63.7 cm³/mol. The maximum absolute atomic E-state index is 13.1. The van der Waals surface area contributed by atoms with Gasteiger partial charge >= 0.3 is 0 Å². The van der Waals surface area contributed by atoms with Gasteiger partial charge in [0.25, 0.3) is 5.91 Å². The maximum Gasteiger partial charge on any atom is 0.260 e. The first kappa shape index (κ1) is 12.6. The summed E-state index contributed by atoms with van der Waals surface area (Å²) in [6, 6.07) is 4.11. The number of hydrogen-bond donors (Lipinski definition) is 1. The third kappa shape index (κ3) is 3.10. The Kier molecular flexibility index (Phi) is 3.99. The van der Waals surface area contributed by atoms with Gasteiger partial charge < -0.3 is 20.1 Å². The average molecular weight is 254 g/mol. The molecule has 1 aromatic rings. The second-order valence-electron chi connectivity index (χ2n) is 3.97. The number of halogens is 1. The number of morpholine rings is 1. The molecule has 2 rings (SSSR count). The first-order valence-corrected chi connectivity index (χ1v) is 5.70. The summed E-state index contributed by atoms with van der Waals surface area (Å²) in [6.07, 6.45) is 0. The minimum atomic E-state index is -0.550. The van der Waals surface area contributed by atoms with Crippen LogP contribution in [-0.4, -0.2) is 43.7 Å². The molecule has 0 saturated carbocycles. The van der Waals surface area contributed by atoms with E-state index in [4.69, 9.17) is 15.2 Å². The van der Waals surface area contributed by atoms with E-state index in [2.05, 4.69) is 0 Å². The van der Waals surface area contributed by atoms with Crippen molar-refractivity contribution in [3.8, 4) is 5.75 Å². The Morgan fingerprint density at radius 3 is 2.83 bits per heavy atom. The van der Waals surface area contributed by atoms with Gasteiger partial charge in [0.2, 0.25) is 0 Å². The summed E-state index contributed by atoms with van der Waals surface area (Å²) >= 11 is 0. The summed E-state index contributed by atoms with van der Waals surface area (Å²) in [5.74, 6) is -0.384. The van der Waals surface area contributed by atoms with Gasteiger partial charge in [-0.15, -0.1) is 0 Å².